The van der Waals surface area contributed by atoms with Crippen LogP contribution in [0.4, 0.5) is 13.2 Å². The number of carbonyl (C=O) groups is 2. The lowest BCUT2D eigenvalue weighted by Crippen LogP contribution is -2.34. The first-order valence-corrected chi connectivity index (χ1v) is 6.33. The van der Waals surface area contributed by atoms with Gasteiger partial charge in [-0.3, -0.25) is 4.79 Å². The molecule has 0 spiro atoms. The van der Waals surface area contributed by atoms with Gasteiger partial charge in [-0.25, -0.2) is 4.79 Å². The Hall–Kier alpha value is -1.60. The van der Waals surface area contributed by atoms with Crippen molar-refractivity contribution in [1.29, 1.82) is 0 Å². The Morgan fingerprint density at radius 1 is 1.29 bits per heavy atom. The van der Waals surface area contributed by atoms with Crippen LogP contribution in [0.15, 0.2) is 24.3 Å². The van der Waals surface area contributed by atoms with Gasteiger partial charge in [0.1, 0.15) is 0 Å². The molecule has 0 aliphatic rings. The van der Waals surface area contributed by atoms with E-state index in [2.05, 4.69) is 10.1 Å². The van der Waals surface area contributed by atoms with E-state index < -0.39 is 24.2 Å². The first-order chi connectivity index (χ1) is 9.72. The average molecular weight is 324 g/mol. The van der Waals surface area contributed by atoms with E-state index in [1.165, 1.54) is 0 Å². The van der Waals surface area contributed by atoms with Gasteiger partial charge in [-0.2, -0.15) is 13.2 Å². The van der Waals surface area contributed by atoms with E-state index >= 15 is 0 Å². The Morgan fingerprint density at radius 3 is 2.33 bits per heavy atom. The summed E-state index contributed by atoms with van der Waals surface area (Å²) in [5.74, 6) is -3.74. The monoisotopic (exact) mass is 323 g/mol. The highest BCUT2D eigenvalue weighted by Gasteiger charge is 2.42. The summed E-state index contributed by atoms with van der Waals surface area (Å²) in [5, 5.41) is 3.33. The fraction of sp³-hybridized carbons (Fsp3) is 0.385. The second-order valence-corrected chi connectivity index (χ2v) is 4.72. The van der Waals surface area contributed by atoms with Gasteiger partial charge in [0.25, 0.3) is 0 Å². The molecular weight excluding hydrogens is 311 g/mol. The highest BCUT2D eigenvalue weighted by Crippen LogP contribution is 2.17. The molecule has 0 saturated heterocycles. The molecule has 1 rings (SSSR count). The van der Waals surface area contributed by atoms with E-state index in [4.69, 9.17) is 11.6 Å². The number of benzene rings is 1. The van der Waals surface area contributed by atoms with Crippen LogP contribution in [-0.4, -0.2) is 31.2 Å². The van der Waals surface area contributed by atoms with Crippen molar-refractivity contribution in [3.05, 3.63) is 34.9 Å². The lowest BCUT2D eigenvalue weighted by molar-refractivity contribution is -0.202. The zero-order valence-corrected chi connectivity index (χ0v) is 11.8. The lowest BCUT2D eigenvalue weighted by atomic mass is 10.0. The molecule has 21 heavy (non-hydrogen) atoms. The first-order valence-electron chi connectivity index (χ1n) is 5.96. The summed E-state index contributed by atoms with van der Waals surface area (Å²) >= 11 is 5.73. The molecule has 4 nitrogen and oxygen atoms in total. The quantitative estimate of drug-likeness (QED) is 0.668. The Balaban J connectivity index is 2.55. The van der Waals surface area contributed by atoms with E-state index in [0.717, 1.165) is 5.56 Å². The molecule has 1 atom stereocenters. The molecule has 0 aliphatic carbocycles. The van der Waals surface area contributed by atoms with Crippen LogP contribution in [0, 0.1) is 0 Å². The second-order valence-electron chi connectivity index (χ2n) is 4.28. The van der Waals surface area contributed by atoms with E-state index in [-0.39, 0.29) is 6.42 Å². The van der Waals surface area contributed by atoms with E-state index in [1.807, 2.05) is 0 Å². The predicted molar refractivity (Wildman–Crippen MR) is 69.8 cm³/mol. The van der Waals surface area contributed by atoms with Gasteiger partial charge in [0.15, 0.2) is 0 Å². The predicted octanol–water partition coefficient (Wildman–Crippen LogP) is 2.49. The van der Waals surface area contributed by atoms with Gasteiger partial charge < -0.3 is 10.1 Å². The van der Waals surface area contributed by atoms with Crippen LogP contribution in [0.25, 0.3) is 0 Å². The molecular formula is C13H13ClF3NO3. The number of alkyl halides is 3. The highest BCUT2D eigenvalue weighted by molar-refractivity contribution is 6.30. The summed E-state index contributed by atoms with van der Waals surface area (Å²) in [6, 6.07) is 6.34. The molecule has 0 heterocycles. The molecule has 0 bridgehead atoms. The number of halogens is 4. The number of rotatable bonds is 5. The lowest BCUT2D eigenvalue weighted by Gasteiger charge is -2.15. The Bertz CT molecular complexity index is 502. The summed E-state index contributed by atoms with van der Waals surface area (Å²) < 4.78 is 39.6. The minimum absolute atomic E-state index is 0.360. The Morgan fingerprint density at radius 2 is 1.86 bits per heavy atom. The van der Waals surface area contributed by atoms with Gasteiger partial charge in [0, 0.05) is 11.1 Å². The summed E-state index contributed by atoms with van der Waals surface area (Å²) in [4.78, 5) is 21.8. The summed E-state index contributed by atoms with van der Waals surface area (Å²) in [5.41, 5.74) is 0.841. The molecule has 0 aromatic heterocycles. The first kappa shape index (κ1) is 17.5. The van der Waals surface area contributed by atoms with Crippen molar-refractivity contribution in [2.45, 2.75) is 25.1 Å². The van der Waals surface area contributed by atoms with Gasteiger partial charge in [-0.1, -0.05) is 23.7 Å². The third-order valence-electron chi connectivity index (χ3n) is 2.65. The van der Waals surface area contributed by atoms with Crippen LogP contribution in [0.2, 0.25) is 5.02 Å². The SMILES string of the molecule is CN[C@H](CC(=O)OC(=O)C(F)(F)F)Cc1ccc(Cl)cc1. The van der Waals surface area contributed by atoms with Crippen LogP contribution in [0.3, 0.4) is 0 Å². The van der Waals surface area contributed by atoms with Crippen molar-refractivity contribution in [3.63, 3.8) is 0 Å². The van der Waals surface area contributed by atoms with Crippen molar-refractivity contribution in [1.82, 2.24) is 5.32 Å². The maximum absolute atomic E-state index is 12.0. The Kier molecular flexibility index (Phi) is 6.17. The van der Waals surface area contributed by atoms with Gasteiger partial charge in [0.05, 0.1) is 6.42 Å². The minimum Gasteiger partial charge on any atom is -0.386 e. The average Bonchev–Trinajstić information content (AvgIpc) is 2.39. The number of carbonyl (C=O) groups excluding carboxylic acids is 2. The number of hydrogen-bond acceptors (Lipinski definition) is 4. The minimum atomic E-state index is -5.18. The van der Waals surface area contributed by atoms with Crippen LogP contribution in [-0.2, 0) is 20.7 Å². The summed E-state index contributed by atoms with van der Waals surface area (Å²) in [7, 11) is 1.56. The van der Waals surface area contributed by atoms with E-state index in [0.29, 0.717) is 11.4 Å². The van der Waals surface area contributed by atoms with Crippen LogP contribution in [0.1, 0.15) is 12.0 Å². The fourth-order valence-corrected chi connectivity index (χ4v) is 1.71. The number of esters is 2. The van der Waals surface area contributed by atoms with Crippen molar-refractivity contribution in [3.8, 4) is 0 Å². The standard InChI is InChI=1S/C13H13ClF3NO3/c1-18-10(6-8-2-4-9(14)5-3-8)7-11(19)21-12(20)13(15,16)17/h2-5,10,18H,6-7H2,1H3/t10-/m0/s1. The molecule has 0 radical (unpaired) electrons. The van der Waals surface area contributed by atoms with Gasteiger partial charge >= 0.3 is 18.1 Å². The van der Waals surface area contributed by atoms with Gasteiger partial charge in [-0.05, 0) is 31.2 Å². The smallest absolute Gasteiger partial charge is 0.386 e. The van der Waals surface area contributed by atoms with Crippen LogP contribution in [0.5, 0.6) is 0 Å². The summed E-state index contributed by atoms with van der Waals surface area (Å²) in [6.45, 7) is 0. The van der Waals surface area contributed by atoms with Crippen molar-refractivity contribution >= 4 is 23.5 Å². The largest absolute Gasteiger partial charge is 0.491 e. The molecule has 1 aromatic carbocycles. The van der Waals surface area contributed by atoms with Crippen LogP contribution >= 0.6 is 11.6 Å². The molecule has 1 N–H and O–H groups in total. The molecule has 0 unspecified atom stereocenters. The maximum Gasteiger partial charge on any atom is 0.491 e. The van der Waals surface area contributed by atoms with Crippen molar-refractivity contribution < 1.29 is 27.5 Å². The fourth-order valence-electron chi connectivity index (χ4n) is 1.59. The van der Waals surface area contributed by atoms with Gasteiger partial charge in [0.2, 0.25) is 0 Å². The van der Waals surface area contributed by atoms with Crippen LogP contribution < -0.4 is 5.32 Å². The molecule has 0 saturated carbocycles. The topological polar surface area (TPSA) is 55.4 Å². The number of nitrogens with one attached hydrogen (secondary N) is 1. The molecule has 0 amide bonds. The van der Waals surface area contributed by atoms with Gasteiger partial charge in [-0.15, -0.1) is 0 Å². The third-order valence-corrected chi connectivity index (χ3v) is 2.91. The van der Waals surface area contributed by atoms with Crippen molar-refractivity contribution in [2.75, 3.05) is 7.05 Å². The second kappa shape index (κ2) is 7.42. The maximum atomic E-state index is 12.0. The zero-order chi connectivity index (χ0) is 16.0. The Labute approximate surface area is 124 Å². The molecule has 0 aliphatic heterocycles. The highest BCUT2D eigenvalue weighted by atomic mass is 35.5. The molecule has 1 aromatic rings. The third kappa shape index (κ3) is 6.14. The number of likely N-dealkylation sites (N-methyl/N-ethyl adjacent to an activating group) is 1. The van der Waals surface area contributed by atoms with E-state index in [1.54, 1.807) is 31.3 Å². The summed E-state index contributed by atoms with van der Waals surface area (Å²) in [6.07, 6.45) is -5.16. The van der Waals surface area contributed by atoms with E-state index in [9.17, 15) is 22.8 Å². The molecule has 8 heteroatoms. The molecule has 0 fully saturated rings. The molecule has 116 valence electrons. The number of ether oxygens (including phenoxy) is 1. The zero-order valence-electron chi connectivity index (χ0n) is 11.0. The van der Waals surface area contributed by atoms with Crippen molar-refractivity contribution in [2.24, 2.45) is 0 Å². The number of hydrogen-bond donors (Lipinski definition) is 1. The normalized spacial score (nSPS) is 12.8.